The number of carbonyl (C=O) groups is 2. The van der Waals surface area contributed by atoms with Crippen molar-refractivity contribution < 1.29 is 14.3 Å². The number of hydrogen-bond donors (Lipinski definition) is 0. The van der Waals surface area contributed by atoms with Crippen LogP contribution in [0.4, 0.5) is 0 Å². The molecule has 168 valence electrons. The maximum absolute atomic E-state index is 12.9. The first-order valence-electron chi connectivity index (χ1n) is 10.7. The van der Waals surface area contributed by atoms with E-state index >= 15 is 0 Å². The summed E-state index contributed by atoms with van der Waals surface area (Å²) in [7, 11) is 0. The third-order valence-corrected chi connectivity index (χ3v) is 5.30. The number of benzene rings is 1. The van der Waals surface area contributed by atoms with Gasteiger partial charge in [0.25, 0.3) is 0 Å². The van der Waals surface area contributed by atoms with Crippen molar-refractivity contribution in [2.45, 2.75) is 47.6 Å². The second kappa shape index (κ2) is 10.2. The smallest absolute Gasteiger partial charge is 0.357 e. The van der Waals surface area contributed by atoms with Crippen LogP contribution in [0.3, 0.4) is 0 Å². The summed E-state index contributed by atoms with van der Waals surface area (Å²) in [6.07, 6.45) is 2.66. The van der Waals surface area contributed by atoms with Gasteiger partial charge in [0.15, 0.2) is 18.1 Å². The van der Waals surface area contributed by atoms with Crippen LogP contribution in [-0.4, -0.2) is 43.1 Å². The molecule has 0 radical (unpaired) electrons. The van der Waals surface area contributed by atoms with Crippen molar-refractivity contribution in [1.82, 2.24) is 24.8 Å². The number of ketones is 1. The topological polar surface area (TPSA) is 91.9 Å². The molecule has 0 saturated carbocycles. The Morgan fingerprint density at radius 2 is 1.84 bits per heavy atom. The van der Waals surface area contributed by atoms with Crippen molar-refractivity contribution in [3.8, 4) is 0 Å². The molecule has 8 heteroatoms. The summed E-state index contributed by atoms with van der Waals surface area (Å²) in [6, 6.07) is 11.2. The molecule has 0 saturated heterocycles. The number of hydrogen-bond acceptors (Lipinski definition) is 6. The van der Waals surface area contributed by atoms with Gasteiger partial charge in [-0.25, -0.2) is 4.79 Å². The summed E-state index contributed by atoms with van der Waals surface area (Å²) < 4.78 is 8.83. The number of esters is 1. The molecule has 0 bridgehead atoms. The third kappa shape index (κ3) is 5.38. The molecule has 32 heavy (non-hydrogen) atoms. The predicted octanol–water partition coefficient (Wildman–Crippen LogP) is 3.87. The van der Waals surface area contributed by atoms with Crippen molar-refractivity contribution in [1.29, 1.82) is 0 Å². The van der Waals surface area contributed by atoms with E-state index in [2.05, 4.69) is 33.9 Å². The van der Waals surface area contributed by atoms with Gasteiger partial charge in [-0.1, -0.05) is 44.2 Å². The summed E-state index contributed by atoms with van der Waals surface area (Å²) in [5.74, 6) is 0.0889. The summed E-state index contributed by atoms with van der Waals surface area (Å²) in [5, 5.41) is 11.3. The molecule has 0 spiro atoms. The number of tetrazole rings is 1. The molecular formula is C24H29N5O3. The van der Waals surface area contributed by atoms with E-state index in [9.17, 15) is 9.59 Å². The molecule has 0 fully saturated rings. The molecule has 0 aliphatic heterocycles. The Morgan fingerprint density at radius 1 is 1.12 bits per heavy atom. The maximum atomic E-state index is 12.9. The highest BCUT2D eigenvalue weighted by Gasteiger charge is 2.21. The summed E-state index contributed by atoms with van der Waals surface area (Å²) >= 11 is 0. The van der Waals surface area contributed by atoms with Crippen LogP contribution in [0.25, 0.3) is 11.8 Å². The van der Waals surface area contributed by atoms with Crippen LogP contribution in [0.15, 0.2) is 36.4 Å². The van der Waals surface area contributed by atoms with E-state index in [0.717, 1.165) is 29.9 Å². The molecule has 0 N–H and O–H groups in total. The largest absolute Gasteiger partial charge is 0.453 e. The number of aryl methyl sites for hydroxylation is 2. The standard InChI is InChI=1S/C24H29N5O3/c1-16(2)11-12-28-17(3)13-21(18(28)4)23(30)15-32-24(31)22(29-19(5)25-26-27-29)14-20-9-7-6-8-10-20/h6-10,13-14,16H,11-12,15H2,1-5H3/b22-14-. The van der Waals surface area contributed by atoms with Crippen LogP contribution in [0.2, 0.25) is 0 Å². The van der Waals surface area contributed by atoms with Gasteiger partial charge < -0.3 is 9.30 Å². The highest BCUT2D eigenvalue weighted by Crippen LogP contribution is 2.19. The molecule has 0 amide bonds. The first-order valence-corrected chi connectivity index (χ1v) is 10.7. The fourth-order valence-electron chi connectivity index (χ4n) is 3.47. The van der Waals surface area contributed by atoms with Gasteiger partial charge >= 0.3 is 5.97 Å². The SMILES string of the molecule is Cc1nnnn1/C(=C\c1ccccc1)C(=O)OCC(=O)c1cc(C)n(CCC(C)C)c1C. The van der Waals surface area contributed by atoms with Crippen molar-refractivity contribution in [3.05, 3.63) is 64.7 Å². The molecule has 3 rings (SSSR count). The van der Waals surface area contributed by atoms with Crippen LogP contribution < -0.4 is 0 Å². The molecule has 0 atom stereocenters. The van der Waals surface area contributed by atoms with E-state index in [1.165, 1.54) is 4.68 Å². The number of aromatic nitrogens is 5. The molecule has 8 nitrogen and oxygen atoms in total. The van der Waals surface area contributed by atoms with Crippen molar-refractivity contribution in [2.75, 3.05) is 6.61 Å². The molecule has 2 heterocycles. The Balaban J connectivity index is 1.77. The zero-order chi connectivity index (χ0) is 23.3. The van der Waals surface area contributed by atoms with Gasteiger partial charge in [-0.3, -0.25) is 4.79 Å². The molecule has 1 aromatic carbocycles. The van der Waals surface area contributed by atoms with Crippen LogP contribution in [0.5, 0.6) is 0 Å². The fourth-order valence-corrected chi connectivity index (χ4v) is 3.47. The van der Waals surface area contributed by atoms with Crippen LogP contribution in [0.1, 0.15) is 53.4 Å². The lowest BCUT2D eigenvalue weighted by Crippen LogP contribution is -2.19. The molecule has 0 aliphatic carbocycles. The highest BCUT2D eigenvalue weighted by atomic mass is 16.5. The van der Waals surface area contributed by atoms with E-state index in [0.29, 0.717) is 17.3 Å². The van der Waals surface area contributed by atoms with Gasteiger partial charge in [-0.15, -0.1) is 5.10 Å². The van der Waals surface area contributed by atoms with E-state index in [-0.39, 0.29) is 18.1 Å². The Kier molecular flexibility index (Phi) is 7.35. The highest BCUT2D eigenvalue weighted by molar-refractivity contribution is 6.16. The number of nitrogens with zero attached hydrogens (tertiary/aromatic N) is 5. The summed E-state index contributed by atoms with van der Waals surface area (Å²) in [5.41, 5.74) is 3.40. The van der Waals surface area contributed by atoms with Crippen LogP contribution in [0, 0.1) is 26.7 Å². The van der Waals surface area contributed by atoms with Gasteiger partial charge in [0.05, 0.1) is 0 Å². The third-order valence-electron chi connectivity index (χ3n) is 5.30. The summed E-state index contributed by atoms with van der Waals surface area (Å²) in [6.45, 7) is 10.4. The van der Waals surface area contributed by atoms with E-state index in [1.54, 1.807) is 13.0 Å². The van der Waals surface area contributed by atoms with Gasteiger partial charge in [0.2, 0.25) is 5.78 Å². The van der Waals surface area contributed by atoms with E-state index < -0.39 is 5.97 Å². The second-order valence-corrected chi connectivity index (χ2v) is 8.20. The van der Waals surface area contributed by atoms with Crippen LogP contribution >= 0.6 is 0 Å². The predicted molar refractivity (Wildman–Crippen MR) is 122 cm³/mol. The van der Waals surface area contributed by atoms with Crippen LogP contribution in [-0.2, 0) is 16.1 Å². The van der Waals surface area contributed by atoms with E-state index in [1.807, 2.05) is 50.2 Å². The molecule has 2 aromatic heterocycles. The lowest BCUT2D eigenvalue weighted by Gasteiger charge is -2.12. The zero-order valence-electron chi connectivity index (χ0n) is 19.2. The zero-order valence-corrected chi connectivity index (χ0v) is 19.2. The minimum absolute atomic E-state index is 0.133. The molecule has 0 aliphatic rings. The number of carbonyl (C=O) groups excluding carboxylic acids is 2. The number of rotatable bonds is 9. The van der Waals surface area contributed by atoms with Crippen molar-refractivity contribution in [2.24, 2.45) is 5.92 Å². The lowest BCUT2D eigenvalue weighted by atomic mass is 10.1. The quantitative estimate of drug-likeness (QED) is 0.288. The lowest BCUT2D eigenvalue weighted by molar-refractivity contribution is -0.136. The summed E-state index contributed by atoms with van der Waals surface area (Å²) in [4.78, 5) is 25.8. The fraction of sp³-hybridized carbons (Fsp3) is 0.375. The maximum Gasteiger partial charge on any atom is 0.357 e. The molecular weight excluding hydrogens is 406 g/mol. The van der Waals surface area contributed by atoms with Gasteiger partial charge in [0.1, 0.15) is 0 Å². The van der Waals surface area contributed by atoms with Gasteiger partial charge in [0, 0.05) is 23.5 Å². The van der Waals surface area contributed by atoms with Gasteiger partial charge in [-0.05, 0) is 61.2 Å². The minimum Gasteiger partial charge on any atom is -0.453 e. The normalized spacial score (nSPS) is 11.8. The number of Topliss-reactive ketones (excluding diaryl/α,β-unsaturated/α-hetero) is 1. The Morgan fingerprint density at radius 3 is 2.47 bits per heavy atom. The van der Waals surface area contributed by atoms with Crippen molar-refractivity contribution in [3.63, 3.8) is 0 Å². The first-order chi connectivity index (χ1) is 15.3. The van der Waals surface area contributed by atoms with E-state index in [4.69, 9.17) is 4.74 Å². The Labute approximate surface area is 187 Å². The van der Waals surface area contributed by atoms with Gasteiger partial charge in [-0.2, -0.15) is 4.68 Å². The Bertz CT molecular complexity index is 1130. The Hall–Kier alpha value is -3.55. The average molecular weight is 436 g/mol. The minimum atomic E-state index is -0.675. The van der Waals surface area contributed by atoms with Crippen molar-refractivity contribution >= 4 is 23.5 Å². The molecule has 3 aromatic rings. The molecule has 0 unspecified atom stereocenters. The number of ether oxygens (including phenoxy) is 1. The monoisotopic (exact) mass is 435 g/mol. The average Bonchev–Trinajstić information content (AvgIpc) is 3.31. The second-order valence-electron chi connectivity index (χ2n) is 8.20. The first kappa shape index (κ1) is 23.1.